The van der Waals surface area contributed by atoms with Crippen LogP contribution in [0.15, 0.2) is 29.4 Å². The van der Waals surface area contributed by atoms with E-state index in [0.717, 1.165) is 5.69 Å². The number of tetrazole rings is 1. The second-order valence-corrected chi connectivity index (χ2v) is 5.36. The summed E-state index contributed by atoms with van der Waals surface area (Å²) in [6.07, 6.45) is 0. The van der Waals surface area contributed by atoms with Crippen molar-refractivity contribution < 1.29 is 9.53 Å². The van der Waals surface area contributed by atoms with Crippen LogP contribution in [0.2, 0.25) is 5.02 Å². The number of nitrogens with one attached hydrogen (secondary N) is 1. The first kappa shape index (κ1) is 15.7. The van der Waals surface area contributed by atoms with Crippen LogP contribution < -0.4 is 5.32 Å². The number of halogens is 1. The van der Waals surface area contributed by atoms with Gasteiger partial charge in [0.1, 0.15) is 0 Å². The highest BCUT2D eigenvalue weighted by Gasteiger charge is 2.11. The van der Waals surface area contributed by atoms with Crippen molar-refractivity contribution >= 4 is 29.3 Å². The summed E-state index contributed by atoms with van der Waals surface area (Å²) in [6, 6.07) is 7.12. The van der Waals surface area contributed by atoms with Crippen molar-refractivity contribution in [3.8, 4) is 5.69 Å². The molecule has 0 aliphatic carbocycles. The summed E-state index contributed by atoms with van der Waals surface area (Å²) in [7, 11) is 1.58. The Kier molecular flexibility index (Phi) is 5.97. The molecule has 1 heterocycles. The molecule has 1 amide bonds. The summed E-state index contributed by atoms with van der Waals surface area (Å²) < 4.78 is 6.42. The number of aromatic nitrogens is 4. The highest BCUT2D eigenvalue weighted by Crippen LogP contribution is 2.19. The topological polar surface area (TPSA) is 81.9 Å². The van der Waals surface area contributed by atoms with Crippen molar-refractivity contribution in [2.24, 2.45) is 0 Å². The SMILES string of the molecule is COCCNC(=O)CSc1nnnn1-c1ccc(Cl)cc1. The monoisotopic (exact) mass is 327 g/mol. The summed E-state index contributed by atoms with van der Waals surface area (Å²) in [5.41, 5.74) is 0.784. The zero-order valence-corrected chi connectivity index (χ0v) is 12.9. The van der Waals surface area contributed by atoms with Crippen LogP contribution in [0.25, 0.3) is 5.69 Å². The van der Waals surface area contributed by atoms with Gasteiger partial charge < -0.3 is 10.1 Å². The van der Waals surface area contributed by atoms with Gasteiger partial charge in [-0.05, 0) is 34.7 Å². The van der Waals surface area contributed by atoms with Gasteiger partial charge in [0.15, 0.2) is 0 Å². The predicted molar refractivity (Wildman–Crippen MR) is 79.8 cm³/mol. The Hall–Kier alpha value is -1.64. The second kappa shape index (κ2) is 7.96. The van der Waals surface area contributed by atoms with Crippen LogP contribution >= 0.6 is 23.4 Å². The van der Waals surface area contributed by atoms with Gasteiger partial charge in [0.2, 0.25) is 11.1 Å². The molecule has 0 fully saturated rings. The molecule has 9 heteroatoms. The summed E-state index contributed by atoms with van der Waals surface area (Å²) in [5.74, 6) is 0.139. The fraction of sp³-hybridized carbons (Fsp3) is 0.333. The number of hydrogen-bond donors (Lipinski definition) is 1. The number of carbonyl (C=O) groups excluding carboxylic acids is 1. The molecule has 1 aromatic carbocycles. The molecule has 7 nitrogen and oxygen atoms in total. The summed E-state index contributed by atoms with van der Waals surface area (Å²) >= 11 is 7.11. The standard InChI is InChI=1S/C12H14ClN5O2S/c1-20-7-6-14-11(19)8-21-12-15-16-17-18(12)10-4-2-9(13)3-5-10/h2-5H,6-8H2,1H3,(H,14,19). The van der Waals surface area contributed by atoms with Crippen molar-refractivity contribution in [2.75, 3.05) is 26.0 Å². The van der Waals surface area contributed by atoms with Crippen molar-refractivity contribution in [3.05, 3.63) is 29.3 Å². The van der Waals surface area contributed by atoms with E-state index in [2.05, 4.69) is 20.8 Å². The summed E-state index contributed by atoms with van der Waals surface area (Å²) in [5, 5.41) is 15.4. The molecule has 1 N–H and O–H groups in total. The molecule has 0 unspecified atom stereocenters. The van der Waals surface area contributed by atoms with E-state index in [1.807, 2.05) is 0 Å². The number of ether oxygens (including phenoxy) is 1. The van der Waals surface area contributed by atoms with Gasteiger partial charge in [0.05, 0.1) is 18.0 Å². The summed E-state index contributed by atoms with van der Waals surface area (Å²) in [4.78, 5) is 11.6. The third-order valence-electron chi connectivity index (χ3n) is 2.47. The van der Waals surface area contributed by atoms with Gasteiger partial charge in [0, 0.05) is 18.7 Å². The molecule has 21 heavy (non-hydrogen) atoms. The largest absolute Gasteiger partial charge is 0.383 e. The number of thioether (sulfide) groups is 1. The molecule has 0 spiro atoms. The van der Waals surface area contributed by atoms with Gasteiger partial charge >= 0.3 is 0 Å². The third kappa shape index (κ3) is 4.69. The Morgan fingerprint density at radius 3 is 2.90 bits per heavy atom. The Morgan fingerprint density at radius 2 is 2.19 bits per heavy atom. The van der Waals surface area contributed by atoms with Gasteiger partial charge in [-0.25, -0.2) is 0 Å². The zero-order chi connectivity index (χ0) is 15.1. The van der Waals surface area contributed by atoms with E-state index in [4.69, 9.17) is 16.3 Å². The number of rotatable bonds is 7. The van der Waals surface area contributed by atoms with Crippen LogP contribution in [0.4, 0.5) is 0 Å². The lowest BCUT2D eigenvalue weighted by Crippen LogP contribution is -2.28. The maximum absolute atomic E-state index is 11.6. The Balaban J connectivity index is 1.94. The maximum Gasteiger partial charge on any atom is 0.230 e. The van der Waals surface area contributed by atoms with Gasteiger partial charge in [-0.2, -0.15) is 4.68 Å². The van der Waals surface area contributed by atoms with Crippen LogP contribution in [-0.4, -0.2) is 52.1 Å². The van der Waals surface area contributed by atoms with Crippen molar-refractivity contribution in [1.82, 2.24) is 25.5 Å². The molecule has 0 atom stereocenters. The van der Waals surface area contributed by atoms with Crippen molar-refractivity contribution in [3.63, 3.8) is 0 Å². The fourth-order valence-electron chi connectivity index (χ4n) is 1.49. The van der Waals surface area contributed by atoms with E-state index in [0.29, 0.717) is 23.3 Å². The van der Waals surface area contributed by atoms with Crippen LogP contribution in [0.1, 0.15) is 0 Å². The van der Waals surface area contributed by atoms with Crippen molar-refractivity contribution in [2.45, 2.75) is 5.16 Å². The van der Waals surface area contributed by atoms with E-state index >= 15 is 0 Å². The number of carbonyl (C=O) groups is 1. The maximum atomic E-state index is 11.6. The fourth-order valence-corrected chi connectivity index (χ4v) is 2.33. The number of hydrogen-bond acceptors (Lipinski definition) is 6. The normalized spacial score (nSPS) is 10.6. The molecular weight excluding hydrogens is 314 g/mol. The lowest BCUT2D eigenvalue weighted by molar-refractivity contribution is -0.118. The zero-order valence-electron chi connectivity index (χ0n) is 11.3. The Morgan fingerprint density at radius 1 is 1.43 bits per heavy atom. The minimum absolute atomic E-state index is 0.0947. The molecule has 0 radical (unpaired) electrons. The van der Waals surface area contributed by atoms with E-state index in [9.17, 15) is 4.79 Å². The number of nitrogens with zero attached hydrogens (tertiary/aromatic N) is 4. The van der Waals surface area contributed by atoms with E-state index in [1.54, 1.807) is 36.1 Å². The van der Waals surface area contributed by atoms with Crippen LogP contribution in [0.3, 0.4) is 0 Å². The van der Waals surface area contributed by atoms with Crippen molar-refractivity contribution in [1.29, 1.82) is 0 Å². The molecule has 2 rings (SSSR count). The molecule has 2 aromatic rings. The highest BCUT2D eigenvalue weighted by atomic mass is 35.5. The molecule has 0 saturated carbocycles. The van der Waals surface area contributed by atoms with Crippen LogP contribution in [-0.2, 0) is 9.53 Å². The number of amides is 1. The molecule has 0 aliphatic heterocycles. The average Bonchev–Trinajstić information content (AvgIpc) is 2.95. The highest BCUT2D eigenvalue weighted by molar-refractivity contribution is 7.99. The van der Waals surface area contributed by atoms with Gasteiger partial charge in [0.25, 0.3) is 0 Å². The number of methoxy groups -OCH3 is 1. The quantitative estimate of drug-likeness (QED) is 0.607. The molecule has 0 bridgehead atoms. The van der Waals surface area contributed by atoms with Gasteiger partial charge in [-0.15, -0.1) is 5.10 Å². The minimum atomic E-state index is -0.0947. The number of benzene rings is 1. The van der Waals surface area contributed by atoms with E-state index in [1.165, 1.54) is 11.8 Å². The lowest BCUT2D eigenvalue weighted by atomic mass is 10.3. The molecule has 0 saturated heterocycles. The minimum Gasteiger partial charge on any atom is -0.383 e. The molecule has 1 aromatic heterocycles. The summed E-state index contributed by atoms with van der Waals surface area (Å²) in [6.45, 7) is 0.969. The first-order valence-corrected chi connectivity index (χ1v) is 7.50. The van der Waals surface area contributed by atoms with Gasteiger partial charge in [-0.1, -0.05) is 23.4 Å². The Bertz CT molecular complexity index is 590. The lowest BCUT2D eigenvalue weighted by Gasteiger charge is -2.05. The van der Waals surface area contributed by atoms with E-state index in [-0.39, 0.29) is 11.7 Å². The van der Waals surface area contributed by atoms with Gasteiger partial charge in [-0.3, -0.25) is 4.79 Å². The predicted octanol–water partition coefficient (Wildman–Crippen LogP) is 1.17. The van der Waals surface area contributed by atoms with Crippen LogP contribution in [0, 0.1) is 0 Å². The molecule has 112 valence electrons. The second-order valence-electron chi connectivity index (χ2n) is 3.98. The molecular formula is C12H14ClN5O2S. The average molecular weight is 328 g/mol. The molecule has 0 aliphatic rings. The first-order chi connectivity index (χ1) is 10.2. The third-order valence-corrected chi connectivity index (χ3v) is 3.64. The smallest absolute Gasteiger partial charge is 0.230 e. The van der Waals surface area contributed by atoms with E-state index < -0.39 is 0 Å². The Labute approximate surface area is 131 Å². The first-order valence-electron chi connectivity index (χ1n) is 6.13. The van der Waals surface area contributed by atoms with Crippen LogP contribution in [0.5, 0.6) is 0 Å².